The van der Waals surface area contributed by atoms with E-state index in [2.05, 4.69) is 90.5 Å². The maximum Gasteiger partial charge on any atom is 0.151 e. The number of anilines is 1. The lowest BCUT2D eigenvalue weighted by Crippen LogP contribution is -2.62. The molecule has 1 N–H and O–H groups in total. The van der Waals surface area contributed by atoms with Crippen LogP contribution in [-0.4, -0.2) is 39.3 Å². The first-order valence-corrected chi connectivity index (χ1v) is 9.94. The lowest BCUT2D eigenvalue weighted by molar-refractivity contribution is 0.160. The molecule has 0 unspecified atom stereocenters. The molecule has 0 bridgehead atoms. The Labute approximate surface area is 167 Å². The molecule has 1 aliphatic rings. The fraction of sp³-hybridized carbons (Fsp3) is 0.435. The minimum atomic E-state index is 0.104. The van der Waals surface area contributed by atoms with Crippen LogP contribution in [0.1, 0.15) is 40.5 Å². The Morgan fingerprint density at radius 1 is 0.964 bits per heavy atom. The van der Waals surface area contributed by atoms with Gasteiger partial charge in [0.05, 0.1) is 11.2 Å². The van der Waals surface area contributed by atoms with E-state index in [-0.39, 0.29) is 11.1 Å². The summed E-state index contributed by atoms with van der Waals surface area (Å²) in [5, 5.41) is 13.9. The van der Waals surface area contributed by atoms with Gasteiger partial charge in [-0.05, 0) is 70.9 Å². The molecule has 0 radical (unpaired) electrons. The predicted molar refractivity (Wildman–Crippen MR) is 115 cm³/mol. The van der Waals surface area contributed by atoms with Crippen LogP contribution in [0.25, 0.3) is 22.2 Å². The maximum atomic E-state index is 4.55. The van der Waals surface area contributed by atoms with E-state index in [1.807, 2.05) is 18.3 Å². The van der Waals surface area contributed by atoms with Crippen LogP contribution in [0.2, 0.25) is 0 Å². The highest BCUT2D eigenvalue weighted by Gasteiger charge is 2.39. The Hall–Kier alpha value is -2.53. The van der Waals surface area contributed by atoms with Gasteiger partial charge in [0, 0.05) is 41.3 Å². The number of benzene rings is 1. The summed E-state index contributed by atoms with van der Waals surface area (Å²) < 4.78 is 0. The molecule has 2 aromatic heterocycles. The van der Waals surface area contributed by atoms with Crippen molar-refractivity contribution >= 4 is 16.7 Å². The SMILES string of the molecule is CN(c1ccc(-c2ccc3ncccc3c2)nn1)C1CC(C)(C)NC(C)(C)C1. The summed E-state index contributed by atoms with van der Waals surface area (Å²) in [4.78, 5) is 6.66. The van der Waals surface area contributed by atoms with Gasteiger partial charge in [0.15, 0.2) is 5.82 Å². The predicted octanol–water partition coefficient (Wildman–Crippen LogP) is 4.44. The minimum absolute atomic E-state index is 0.104. The van der Waals surface area contributed by atoms with Crippen LogP contribution in [0.4, 0.5) is 5.82 Å². The number of pyridine rings is 1. The Balaban J connectivity index is 1.57. The summed E-state index contributed by atoms with van der Waals surface area (Å²) in [6.07, 6.45) is 3.97. The number of fused-ring (bicyclic) bond motifs is 1. The van der Waals surface area contributed by atoms with E-state index in [9.17, 15) is 0 Å². The first-order chi connectivity index (χ1) is 13.2. The first-order valence-electron chi connectivity index (χ1n) is 9.94. The Morgan fingerprint density at radius 2 is 1.71 bits per heavy atom. The molecule has 0 spiro atoms. The lowest BCUT2D eigenvalue weighted by Gasteiger charge is -2.49. The summed E-state index contributed by atoms with van der Waals surface area (Å²) in [6.45, 7) is 9.10. The molecule has 4 rings (SSSR count). The van der Waals surface area contributed by atoms with Crippen LogP contribution >= 0.6 is 0 Å². The number of rotatable bonds is 3. The third kappa shape index (κ3) is 3.85. The number of nitrogens with zero attached hydrogens (tertiary/aromatic N) is 4. The van der Waals surface area contributed by atoms with Gasteiger partial charge < -0.3 is 10.2 Å². The van der Waals surface area contributed by atoms with Gasteiger partial charge in [0.2, 0.25) is 0 Å². The van der Waals surface area contributed by atoms with Crippen LogP contribution in [0.3, 0.4) is 0 Å². The van der Waals surface area contributed by atoms with Crippen molar-refractivity contribution in [3.05, 3.63) is 48.7 Å². The molecule has 0 atom stereocenters. The number of hydrogen-bond donors (Lipinski definition) is 1. The Morgan fingerprint density at radius 3 is 2.39 bits per heavy atom. The standard InChI is InChI=1S/C23H29N5/c1-22(2)14-18(15-23(3,4)27-22)28(5)21-11-10-20(25-26-21)17-8-9-19-16(13-17)7-6-12-24-19/h6-13,18,27H,14-15H2,1-5H3. The van der Waals surface area contributed by atoms with Crippen molar-refractivity contribution in [3.8, 4) is 11.3 Å². The molecule has 1 fully saturated rings. The van der Waals surface area contributed by atoms with E-state index in [1.54, 1.807) is 0 Å². The molecular weight excluding hydrogens is 346 g/mol. The van der Waals surface area contributed by atoms with Crippen molar-refractivity contribution in [2.24, 2.45) is 0 Å². The average molecular weight is 376 g/mol. The van der Waals surface area contributed by atoms with Gasteiger partial charge >= 0.3 is 0 Å². The molecule has 1 saturated heterocycles. The zero-order valence-corrected chi connectivity index (χ0v) is 17.4. The van der Waals surface area contributed by atoms with E-state index in [0.29, 0.717) is 6.04 Å². The lowest BCUT2D eigenvalue weighted by atomic mass is 9.79. The number of hydrogen-bond acceptors (Lipinski definition) is 5. The summed E-state index contributed by atoms with van der Waals surface area (Å²) in [5.41, 5.74) is 3.15. The minimum Gasteiger partial charge on any atom is -0.355 e. The molecule has 1 aromatic carbocycles. The molecule has 0 amide bonds. The van der Waals surface area contributed by atoms with Crippen molar-refractivity contribution in [1.82, 2.24) is 20.5 Å². The monoisotopic (exact) mass is 375 g/mol. The molecule has 0 saturated carbocycles. The third-order valence-corrected chi connectivity index (χ3v) is 5.63. The molecule has 3 heterocycles. The molecule has 5 nitrogen and oxygen atoms in total. The van der Waals surface area contributed by atoms with Crippen LogP contribution in [0.15, 0.2) is 48.7 Å². The fourth-order valence-corrected chi connectivity index (χ4v) is 4.63. The zero-order valence-electron chi connectivity index (χ0n) is 17.4. The summed E-state index contributed by atoms with van der Waals surface area (Å²) in [6, 6.07) is 14.8. The molecule has 1 aliphatic heterocycles. The number of piperidine rings is 1. The normalized spacial score (nSPS) is 18.9. The number of aromatic nitrogens is 3. The highest BCUT2D eigenvalue weighted by molar-refractivity contribution is 5.83. The van der Waals surface area contributed by atoms with Gasteiger partial charge in [-0.15, -0.1) is 10.2 Å². The van der Waals surface area contributed by atoms with Gasteiger partial charge in [-0.1, -0.05) is 12.1 Å². The average Bonchev–Trinajstić information content (AvgIpc) is 2.65. The first kappa shape index (κ1) is 18.8. The molecule has 146 valence electrons. The summed E-state index contributed by atoms with van der Waals surface area (Å²) in [7, 11) is 2.13. The fourth-order valence-electron chi connectivity index (χ4n) is 4.63. The molecule has 0 aliphatic carbocycles. The zero-order chi connectivity index (χ0) is 19.9. The van der Waals surface area contributed by atoms with E-state index < -0.39 is 0 Å². The van der Waals surface area contributed by atoms with E-state index in [1.165, 1.54) is 0 Å². The van der Waals surface area contributed by atoms with Gasteiger partial charge in [-0.25, -0.2) is 0 Å². The second-order valence-electron chi connectivity index (χ2n) is 9.25. The van der Waals surface area contributed by atoms with Crippen molar-refractivity contribution in [3.63, 3.8) is 0 Å². The quantitative estimate of drug-likeness (QED) is 0.733. The highest BCUT2D eigenvalue weighted by Crippen LogP contribution is 2.32. The summed E-state index contributed by atoms with van der Waals surface area (Å²) >= 11 is 0. The largest absolute Gasteiger partial charge is 0.355 e. The van der Waals surface area contributed by atoms with E-state index >= 15 is 0 Å². The third-order valence-electron chi connectivity index (χ3n) is 5.63. The van der Waals surface area contributed by atoms with Crippen LogP contribution in [0.5, 0.6) is 0 Å². The Kier molecular flexibility index (Phi) is 4.58. The van der Waals surface area contributed by atoms with Gasteiger partial charge in [-0.3, -0.25) is 4.98 Å². The Bertz CT molecular complexity index is 962. The second-order valence-corrected chi connectivity index (χ2v) is 9.25. The van der Waals surface area contributed by atoms with Crippen molar-refractivity contribution in [2.45, 2.75) is 57.7 Å². The van der Waals surface area contributed by atoms with Gasteiger partial charge in [-0.2, -0.15) is 0 Å². The van der Waals surface area contributed by atoms with Crippen LogP contribution in [0, 0.1) is 0 Å². The highest BCUT2D eigenvalue weighted by atomic mass is 15.3. The molecule has 3 aromatic rings. The van der Waals surface area contributed by atoms with Crippen LogP contribution < -0.4 is 10.2 Å². The van der Waals surface area contributed by atoms with Gasteiger partial charge in [0.1, 0.15) is 0 Å². The molecular formula is C23H29N5. The van der Waals surface area contributed by atoms with Crippen molar-refractivity contribution in [2.75, 3.05) is 11.9 Å². The summed E-state index contributed by atoms with van der Waals surface area (Å²) in [5.74, 6) is 0.921. The second kappa shape index (κ2) is 6.82. The van der Waals surface area contributed by atoms with Crippen molar-refractivity contribution in [1.29, 1.82) is 0 Å². The topological polar surface area (TPSA) is 53.9 Å². The van der Waals surface area contributed by atoms with Gasteiger partial charge in [0.25, 0.3) is 0 Å². The molecule has 28 heavy (non-hydrogen) atoms. The smallest absolute Gasteiger partial charge is 0.151 e. The van der Waals surface area contributed by atoms with E-state index in [0.717, 1.165) is 40.8 Å². The number of nitrogens with one attached hydrogen (secondary N) is 1. The molecule has 5 heteroatoms. The van der Waals surface area contributed by atoms with E-state index in [4.69, 9.17) is 0 Å². The van der Waals surface area contributed by atoms with Crippen molar-refractivity contribution < 1.29 is 0 Å². The maximum absolute atomic E-state index is 4.55. The van der Waals surface area contributed by atoms with Crippen LogP contribution in [-0.2, 0) is 0 Å².